The summed E-state index contributed by atoms with van der Waals surface area (Å²) in [6, 6.07) is 0. The Labute approximate surface area is 98.6 Å². The van der Waals surface area contributed by atoms with E-state index in [0.717, 1.165) is 39.3 Å². The molecular formula is C12H25N3O. The molecule has 16 heavy (non-hydrogen) atoms. The van der Waals surface area contributed by atoms with Crippen molar-refractivity contribution in [2.24, 2.45) is 0 Å². The molecule has 2 aliphatic heterocycles. The summed E-state index contributed by atoms with van der Waals surface area (Å²) in [6.07, 6.45) is 3.65. The standard InChI is InChI=1S/C12H25N3O/c16-12(10-14-6-1-2-7-14)11-15-8-3-4-13-5-9-15/h12-13,16H,1-11H2. The molecule has 1 unspecified atom stereocenters. The summed E-state index contributed by atoms with van der Waals surface area (Å²) < 4.78 is 0. The predicted molar refractivity (Wildman–Crippen MR) is 65.6 cm³/mol. The van der Waals surface area contributed by atoms with E-state index in [-0.39, 0.29) is 6.10 Å². The summed E-state index contributed by atoms with van der Waals surface area (Å²) >= 11 is 0. The molecule has 0 aromatic heterocycles. The van der Waals surface area contributed by atoms with Crippen molar-refractivity contribution in [3.05, 3.63) is 0 Å². The van der Waals surface area contributed by atoms with E-state index in [1.54, 1.807) is 0 Å². The van der Waals surface area contributed by atoms with Crippen LogP contribution in [0.25, 0.3) is 0 Å². The van der Waals surface area contributed by atoms with Crippen LogP contribution in [0.1, 0.15) is 19.3 Å². The van der Waals surface area contributed by atoms with Crippen LogP contribution >= 0.6 is 0 Å². The van der Waals surface area contributed by atoms with E-state index in [2.05, 4.69) is 15.1 Å². The molecule has 2 saturated heterocycles. The number of aliphatic hydroxyl groups excluding tert-OH is 1. The van der Waals surface area contributed by atoms with Crippen LogP contribution in [0, 0.1) is 0 Å². The van der Waals surface area contributed by atoms with Gasteiger partial charge in [0.15, 0.2) is 0 Å². The van der Waals surface area contributed by atoms with Gasteiger partial charge in [-0.25, -0.2) is 0 Å². The molecule has 0 aliphatic carbocycles. The lowest BCUT2D eigenvalue weighted by atomic mass is 10.3. The minimum Gasteiger partial charge on any atom is -0.390 e. The molecule has 0 aromatic rings. The number of aliphatic hydroxyl groups is 1. The number of likely N-dealkylation sites (tertiary alicyclic amines) is 1. The van der Waals surface area contributed by atoms with Gasteiger partial charge in [-0.3, -0.25) is 4.90 Å². The first-order valence-corrected chi connectivity index (χ1v) is 6.68. The molecule has 2 aliphatic rings. The van der Waals surface area contributed by atoms with Gasteiger partial charge in [0.05, 0.1) is 6.10 Å². The first-order chi connectivity index (χ1) is 7.84. The molecule has 2 N–H and O–H groups in total. The van der Waals surface area contributed by atoms with Gasteiger partial charge in [0.1, 0.15) is 0 Å². The number of hydrogen-bond donors (Lipinski definition) is 2. The van der Waals surface area contributed by atoms with Gasteiger partial charge >= 0.3 is 0 Å². The Kier molecular flexibility index (Phi) is 5.03. The predicted octanol–water partition coefficient (Wildman–Crippen LogP) is -0.262. The van der Waals surface area contributed by atoms with Gasteiger partial charge in [0.2, 0.25) is 0 Å². The van der Waals surface area contributed by atoms with Crippen molar-refractivity contribution in [1.29, 1.82) is 0 Å². The Morgan fingerprint density at radius 3 is 2.25 bits per heavy atom. The molecule has 1 atom stereocenters. The summed E-state index contributed by atoms with van der Waals surface area (Å²) in [7, 11) is 0. The van der Waals surface area contributed by atoms with Crippen LogP contribution in [0.2, 0.25) is 0 Å². The number of nitrogens with zero attached hydrogens (tertiary/aromatic N) is 2. The Morgan fingerprint density at radius 2 is 1.50 bits per heavy atom. The molecule has 4 heteroatoms. The number of hydrogen-bond acceptors (Lipinski definition) is 4. The Hall–Kier alpha value is -0.160. The van der Waals surface area contributed by atoms with Crippen molar-refractivity contribution >= 4 is 0 Å². The van der Waals surface area contributed by atoms with Crippen molar-refractivity contribution < 1.29 is 5.11 Å². The normalized spacial score (nSPS) is 26.8. The third-order valence-corrected chi connectivity index (χ3v) is 3.57. The third-order valence-electron chi connectivity index (χ3n) is 3.57. The first kappa shape index (κ1) is 12.3. The fourth-order valence-corrected chi connectivity index (χ4v) is 2.70. The fraction of sp³-hybridized carbons (Fsp3) is 1.00. The zero-order valence-electron chi connectivity index (χ0n) is 10.2. The summed E-state index contributed by atoms with van der Waals surface area (Å²) in [5.41, 5.74) is 0. The Bertz CT molecular complexity index is 187. The van der Waals surface area contributed by atoms with Crippen LogP contribution in [0.3, 0.4) is 0 Å². The lowest BCUT2D eigenvalue weighted by Crippen LogP contribution is -2.40. The average molecular weight is 227 g/mol. The molecule has 2 heterocycles. The van der Waals surface area contributed by atoms with E-state index < -0.39 is 0 Å². The Balaban J connectivity index is 1.66. The largest absolute Gasteiger partial charge is 0.390 e. The molecule has 0 amide bonds. The molecule has 0 saturated carbocycles. The van der Waals surface area contributed by atoms with Gasteiger partial charge in [0.25, 0.3) is 0 Å². The zero-order valence-corrected chi connectivity index (χ0v) is 10.2. The lowest BCUT2D eigenvalue weighted by molar-refractivity contribution is 0.0837. The van der Waals surface area contributed by atoms with Gasteiger partial charge in [0, 0.05) is 26.2 Å². The number of rotatable bonds is 4. The quantitative estimate of drug-likeness (QED) is 0.694. The fourth-order valence-electron chi connectivity index (χ4n) is 2.70. The maximum atomic E-state index is 10.0. The van der Waals surface area contributed by atoms with Gasteiger partial charge in [-0.1, -0.05) is 0 Å². The second-order valence-corrected chi connectivity index (χ2v) is 5.07. The van der Waals surface area contributed by atoms with Crippen molar-refractivity contribution in [2.45, 2.75) is 25.4 Å². The van der Waals surface area contributed by atoms with E-state index in [9.17, 15) is 5.11 Å². The second kappa shape index (κ2) is 6.55. The van der Waals surface area contributed by atoms with Gasteiger partial charge in [-0.2, -0.15) is 0 Å². The molecule has 4 nitrogen and oxygen atoms in total. The van der Waals surface area contributed by atoms with E-state index in [0.29, 0.717) is 0 Å². The maximum Gasteiger partial charge on any atom is 0.0793 e. The van der Waals surface area contributed by atoms with E-state index in [1.165, 1.54) is 32.4 Å². The molecule has 0 bridgehead atoms. The minimum absolute atomic E-state index is 0.170. The van der Waals surface area contributed by atoms with Gasteiger partial charge in [-0.15, -0.1) is 0 Å². The molecule has 0 spiro atoms. The zero-order chi connectivity index (χ0) is 11.2. The molecule has 2 rings (SSSR count). The van der Waals surface area contributed by atoms with E-state index >= 15 is 0 Å². The first-order valence-electron chi connectivity index (χ1n) is 6.68. The maximum absolute atomic E-state index is 10.0. The molecular weight excluding hydrogens is 202 g/mol. The van der Waals surface area contributed by atoms with Gasteiger partial charge in [-0.05, 0) is 45.4 Å². The van der Waals surface area contributed by atoms with Crippen LogP contribution in [-0.2, 0) is 0 Å². The summed E-state index contributed by atoms with van der Waals surface area (Å²) in [4.78, 5) is 4.78. The minimum atomic E-state index is -0.170. The lowest BCUT2D eigenvalue weighted by Gasteiger charge is -2.25. The average Bonchev–Trinajstić information content (AvgIpc) is 2.62. The molecule has 2 fully saturated rings. The highest BCUT2D eigenvalue weighted by molar-refractivity contribution is 4.74. The summed E-state index contributed by atoms with van der Waals surface area (Å²) in [5, 5.41) is 13.4. The van der Waals surface area contributed by atoms with Crippen molar-refractivity contribution in [3.8, 4) is 0 Å². The number of β-amino-alcohol motifs (C(OH)–C–C–N with tert-alkyl or cyclic N) is 1. The monoisotopic (exact) mass is 227 g/mol. The van der Waals surface area contributed by atoms with Crippen LogP contribution < -0.4 is 5.32 Å². The summed E-state index contributed by atoms with van der Waals surface area (Å²) in [6.45, 7) is 8.47. The Morgan fingerprint density at radius 1 is 0.875 bits per heavy atom. The van der Waals surface area contributed by atoms with Crippen LogP contribution in [-0.4, -0.2) is 73.4 Å². The van der Waals surface area contributed by atoms with Crippen LogP contribution in [0.4, 0.5) is 0 Å². The summed E-state index contributed by atoms with van der Waals surface area (Å²) in [5.74, 6) is 0. The molecule has 0 radical (unpaired) electrons. The second-order valence-electron chi connectivity index (χ2n) is 5.07. The SMILES string of the molecule is OC(CN1CCCC1)CN1CCCNCC1. The smallest absolute Gasteiger partial charge is 0.0793 e. The highest BCUT2D eigenvalue weighted by Gasteiger charge is 2.18. The van der Waals surface area contributed by atoms with E-state index in [1.807, 2.05) is 0 Å². The van der Waals surface area contributed by atoms with Crippen molar-refractivity contribution in [1.82, 2.24) is 15.1 Å². The number of nitrogens with one attached hydrogen (secondary N) is 1. The molecule has 94 valence electrons. The van der Waals surface area contributed by atoms with Gasteiger partial charge < -0.3 is 15.3 Å². The third kappa shape index (κ3) is 4.01. The van der Waals surface area contributed by atoms with Crippen LogP contribution in [0.5, 0.6) is 0 Å². The van der Waals surface area contributed by atoms with E-state index in [4.69, 9.17) is 0 Å². The van der Waals surface area contributed by atoms with Crippen molar-refractivity contribution in [3.63, 3.8) is 0 Å². The topological polar surface area (TPSA) is 38.7 Å². The highest BCUT2D eigenvalue weighted by atomic mass is 16.3. The highest BCUT2D eigenvalue weighted by Crippen LogP contribution is 2.08. The van der Waals surface area contributed by atoms with Crippen molar-refractivity contribution in [2.75, 3.05) is 52.4 Å². The van der Waals surface area contributed by atoms with Crippen LogP contribution in [0.15, 0.2) is 0 Å². The molecule has 0 aromatic carbocycles.